The second kappa shape index (κ2) is 8.74. The first kappa shape index (κ1) is 26.2. The number of nitrogens with zero attached hydrogens (tertiary/aromatic N) is 4. The van der Waals surface area contributed by atoms with Gasteiger partial charge in [-0.1, -0.05) is 74.1 Å². The first-order chi connectivity index (χ1) is 13.1. The Bertz CT molecular complexity index is 845. The number of rotatable bonds is 0. The molecule has 0 fully saturated rings. The van der Waals surface area contributed by atoms with Crippen LogP contribution in [0, 0.1) is 5.41 Å². The van der Waals surface area contributed by atoms with Gasteiger partial charge in [0.1, 0.15) is 0 Å². The Labute approximate surface area is 195 Å². The molecular weight excluding hydrogens is 478 g/mol. The van der Waals surface area contributed by atoms with E-state index >= 15 is 0 Å². The number of carbonyl (C=O) groups is 4. The van der Waals surface area contributed by atoms with Gasteiger partial charge in [-0.2, -0.15) is 0 Å². The van der Waals surface area contributed by atoms with Gasteiger partial charge in [-0.3, -0.25) is 0 Å². The number of hydrogen-bond acceptors (Lipinski definition) is 4. The van der Waals surface area contributed by atoms with Crippen molar-refractivity contribution in [1.29, 1.82) is 0 Å². The molecule has 1 radical (unpaired) electrons. The summed E-state index contributed by atoms with van der Waals surface area (Å²) in [6, 6.07) is 2.56. The van der Waals surface area contributed by atoms with Crippen molar-refractivity contribution < 1.29 is 36.0 Å². The average molecular weight is 498 g/mol. The van der Waals surface area contributed by atoms with Gasteiger partial charge in [0.2, 0.25) is 0 Å². The number of carbonyl (C=O) groups excluding carboxylic acids is 4. The Morgan fingerprint density at radius 2 is 0.933 bits per heavy atom. The summed E-state index contributed by atoms with van der Waals surface area (Å²) in [7, 11) is 0. The Balaban J connectivity index is 0.00000450. The zero-order valence-corrected chi connectivity index (χ0v) is 19.7. The summed E-state index contributed by atoms with van der Waals surface area (Å²) < 4.78 is 0. The molecule has 8 nitrogen and oxygen atoms in total. The molecule has 1 aliphatic heterocycles. The van der Waals surface area contributed by atoms with Crippen LogP contribution in [0.25, 0.3) is 21.3 Å². The largest absolute Gasteiger partial charge is 0.643 e. The molecular formula is C19H20Cl2CoN4O4-4. The van der Waals surface area contributed by atoms with Gasteiger partial charge in [0, 0.05) is 34.0 Å². The molecule has 4 amide bonds. The van der Waals surface area contributed by atoms with Crippen molar-refractivity contribution in [2.45, 2.75) is 52.6 Å². The monoisotopic (exact) mass is 497 g/mol. The fraction of sp³-hybridized carbons (Fsp3) is 0.474. The van der Waals surface area contributed by atoms with Gasteiger partial charge in [-0.15, -0.1) is 11.4 Å². The number of hydrogen-bond donors (Lipinski definition) is 0. The van der Waals surface area contributed by atoms with Crippen LogP contribution in [0.3, 0.4) is 0 Å². The number of amides is 4. The Kier molecular flexibility index (Phi) is 7.64. The van der Waals surface area contributed by atoms with Gasteiger partial charge in [0.15, 0.2) is 0 Å². The van der Waals surface area contributed by atoms with E-state index in [4.69, 9.17) is 23.2 Å². The molecule has 0 aliphatic carbocycles. The number of halogens is 2. The zero-order valence-electron chi connectivity index (χ0n) is 17.2. The van der Waals surface area contributed by atoms with Gasteiger partial charge in [0.05, 0.1) is 21.9 Å². The van der Waals surface area contributed by atoms with E-state index in [9.17, 15) is 19.2 Å². The summed E-state index contributed by atoms with van der Waals surface area (Å²) >= 11 is 12.0. The number of benzene rings is 1. The molecule has 0 saturated heterocycles. The van der Waals surface area contributed by atoms with E-state index in [0.29, 0.717) is 0 Å². The molecule has 1 aromatic carbocycles. The van der Waals surface area contributed by atoms with Crippen LogP contribution >= 0.6 is 23.2 Å². The van der Waals surface area contributed by atoms with Crippen molar-refractivity contribution in [2.24, 2.45) is 5.41 Å². The molecule has 0 bridgehead atoms. The average Bonchev–Trinajstić information content (AvgIpc) is 2.57. The molecule has 0 atom stereocenters. The zero-order chi connectivity index (χ0) is 22.4. The maximum Gasteiger partial charge on any atom is 0.0633 e. The second-order valence-electron chi connectivity index (χ2n) is 8.17. The summed E-state index contributed by atoms with van der Waals surface area (Å²) in [6.45, 7) is 8.20. The van der Waals surface area contributed by atoms with Gasteiger partial charge in [-0.05, 0) is 13.8 Å². The molecule has 167 valence electrons. The SMILES string of the molecule is CC1(C)[N-]C(=O)C(C)(C)C(=O)[N-]C(C)(C)C(=O)[N-]c2cc(Cl)c(Cl)cc2[N-]C1=O.[Co]. The molecule has 1 heterocycles. The topological polar surface area (TPSA) is 125 Å². The van der Waals surface area contributed by atoms with Crippen molar-refractivity contribution in [3.05, 3.63) is 43.4 Å². The van der Waals surface area contributed by atoms with Crippen LogP contribution < -0.4 is 0 Å². The van der Waals surface area contributed by atoms with Crippen molar-refractivity contribution >= 4 is 58.2 Å². The Morgan fingerprint density at radius 3 is 1.23 bits per heavy atom. The van der Waals surface area contributed by atoms with Gasteiger partial charge < -0.3 is 40.4 Å². The van der Waals surface area contributed by atoms with Crippen molar-refractivity contribution in [2.75, 3.05) is 0 Å². The second-order valence-corrected chi connectivity index (χ2v) is 8.98. The Hall–Kier alpha value is -1.81. The summed E-state index contributed by atoms with van der Waals surface area (Å²) in [5, 5.41) is 15.9. The predicted octanol–water partition coefficient (Wildman–Crippen LogP) is 5.45. The predicted molar refractivity (Wildman–Crippen MR) is 111 cm³/mol. The van der Waals surface area contributed by atoms with E-state index < -0.39 is 40.1 Å². The van der Waals surface area contributed by atoms with E-state index in [0.717, 1.165) is 0 Å². The molecule has 1 aliphatic rings. The molecule has 11 heteroatoms. The molecule has 0 spiro atoms. The number of fused-ring (bicyclic) bond motifs is 1. The van der Waals surface area contributed by atoms with Crippen LogP contribution in [0.2, 0.25) is 10.0 Å². The summed E-state index contributed by atoms with van der Waals surface area (Å²) in [5.41, 5.74) is -4.87. The fourth-order valence-electron chi connectivity index (χ4n) is 2.17. The van der Waals surface area contributed by atoms with Crippen molar-refractivity contribution in [1.82, 2.24) is 0 Å². The smallest absolute Gasteiger partial charge is 0.0633 e. The molecule has 0 saturated carbocycles. The standard InChI is InChI=1S/C19H24Cl2N4O4.Co/c1-17(2)13(26)24-18(3,4)15(28)22-11-7-9(20)10(21)8-12(11)23-16(29)19(5,6)25-14(17)27;/h7-8H,1-6H3,(H4,22,23,24,25,26,27,28,29);/p-4. The molecule has 0 unspecified atom stereocenters. The van der Waals surface area contributed by atoms with E-state index in [1.165, 1.54) is 53.7 Å². The van der Waals surface area contributed by atoms with Gasteiger partial charge in [0.25, 0.3) is 0 Å². The third-order valence-electron chi connectivity index (χ3n) is 4.34. The van der Waals surface area contributed by atoms with E-state index in [2.05, 4.69) is 21.3 Å². The van der Waals surface area contributed by atoms with E-state index in [1.54, 1.807) is 0 Å². The first-order valence-electron chi connectivity index (χ1n) is 8.64. The van der Waals surface area contributed by atoms with Crippen molar-refractivity contribution in [3.8, 4) is 0 Å². The minimum absolute atomic E-state index is 0. The maximum absolute atomic E-state index is 12.7. The van der Waals surface area contributed by atoms with Crippen molar-refractivity contribution in [3.63, 3.8) is 0 Å². The summed E-state index contributed by atoms with van der Waals surface area (Å²) in [6.07, 6.45) is 0. The van der Waals surface area contributed by atoms with E-state index in [-0.39, 0.29) is 38.2 Å². The van der Waals surface area contributed by atoms with Crippen LogP contribution in [0.5, 0.6) is 0 Å². The van der Waals surface area contributed by atoms with Crippen LogP contribution in [-0.2, 0) is 36.0 Å². The first-order valence-corrected chi connectivity index (χ1v) is 9.39. The Morgan fingerprint density at radius 1 is 0.633 bits per heavy atom. The normalized spacial score (nSPS) is 20.5. The maximum atomic E-state index is 12.7. The summed E-state index contributed by atoms with van der Waals surface area (Å²) in [4.78, 5) is 50.8. The quantitative estimate of drug-likeness (QED) is 0.441. The molecule has 0 N–H and O–H groups in total. The van der Waals surface area contributed by atoms with E-state index in [1.807, 2.05) is 0 Å². The fourth-order valence-corrected chi connectivity index (χ4v) is 2.49. The minimum atomic E-state index is -1.68. The minimum Gasteiger partial charge on any atom is -0.643 e. The third kappa shape index (κ3) is 5.26. The third-order valence-corrected chi connectivity index (χ3v) is 5.06. The molecule has 2 rings (SSSR count). The van der Waals surface area contributed by atoms with Crippen LogP contribution in [-0.4, -0.2) is 34.7 Å². The van der Waals surface area contributed by atoms with Crippen LogP contribution in [0.4, 0.5) is 11.4 Å². The van der Waals surface area contributed by atoms with Crippen LogP contribution in [0.1, 0.15) is 41.5 Å². The summed E-state index contributed by atoms with van der Waals surface area (Å²) in [5.74, 6) is -3.28. The molecule has 1 aromatic rings. The van der Waals surface area contributed by atoms with Gasteiger partial charge >= 0.3 is 0 Å². The molecule has 30 heavy (non-hydrogen) atoms. The van der Waals surface area contributed by atoms with Crippen LogP contribution in [0.15, 0.2) is 12.1 Å². The van der Waals surface area contributed by atoms with Gasteiger partial charge in [-0.25, -0.2) is 0 Å². The molecule has 0 aromatic heterocycles.